The molecule has 104 valence electrons. The first kappa shape index (κ1) is 14.6. The minimum Gasteiger partial charge on any atom is -0.329 e. The van der Waals surface area contributed by atoms with E-state index in [4.69, 9.17) is 11.6 Å². The Morgan fingerprint density at radius 2 is 2.16 bits per heavy atom. The number of benzene rings is 1. The molecule has 2 heterocycles. The zero-order chi connectivity index (χ0) is 12.9. The van der Waals surface area contributed by atoms with Crippen molar-refractivity contribution < 1.29 is 4.79 Å². The summed E-state index contributed by atoms with van der Waals surface area (Å²) >= 11 is 6.31. The Balaban J connectivity index is 0.00000133. The quantitative estimate of drug-likeness (QED) is 0.865. The molecule has 2 aliphatic rings. The first-order chi connectivity index (χ1) is 8.59. The summed E-state index contributed by atoms with van der Waals surface area (Å²) in [5.41, 5.74) is 3.03. The summed E-state index contributed by atoms with van der Waals surface area (Å²) in [5, 5.41) is 3.96. The minimum atomic E-state index is 0. The van der Waals surface area contributed by atoms with Crippen LogP contribution in [0.15, 0.2) is 12.1 Å². The van der Waals surface area contributed by atoms with E-state index in [-0.39, 0.29) is 24.4 Å². The zero-order valence-electron chi connectivity index (χ0n) is 11.1. The van der Waals surface area contributed by atoms with Crippen LogP contribution in [-0.2, 0) is 0 Å². The molecule has 0 aliphatic carbocycles. The number of nitrogens with zero attached hydrogens (tertiary/aromatic N) is 1. The van der Waals surface area contributed by atoms with Gasteiger partial charge in [-0.3, -0.25) is 4.79 Å². The molecule has 0 aromatic heterocycles. The van der Waals surface area contributed by atoms with Crippen LogP contribution in [0.3, 0.4) is 0 Å². The second kappa shape index (κ2) is 5.31. The molecule has 0 radical (unpaired) electrons. The Morgan fingerprint density at radius 1 is 1.42 bits per heavy atom. The van der Waals surface area contributed by atoms with E-state index in [2.05, 4.69) is 25.2 Å². The lowest BCUT2D eigenvalue weighted by molar-refractivity contribution is 0.0691. The van der Waals surface area contributed by atoms with E-state index >= 15 is 0 Å². The van der Waals surface area contributed by atoms with Gasteiger partial charge < -0.3 is 10.2 Å². The SMILES string of the molecule is CC(C)c1cc(Cl)c2c(c1)[C@@H]1CNCCN1C2=O.Cl. The molecule has 1 aromatic rings. The Kier molecular flexibility index (Phi) is 4.09. The maximum absolute atomic E-state index is 12.3. The van der Waals surface area contributed by atoms with E-state index in [0.29, 0.717) is 10.9 Å². The van der Waals surface area contributed by atoms with E-state index in [1.165, 1.54) is 5.56 Å². The summed E-state index contributed by atoms with van der Waals surface area (Å²) in [6, 6.07) is 4.26. The van der Waals surface area contributed by atoms with Crippen molar-refractivity contribution in [2.75, 3.05) is 19.6 Å². The van der Waals surface area contributed by atoms with E-state index in [1.54, 1.807) is 0 Å². The van der Waals surface area contributed by atoms with E-state index in [9.17, 15) is 4.79 Å². The minimum absolute atomic E-state index is 0. The van der Waals surface area contributed by atoms with Crippen molar-refractivity contribution in [1.29, 1.82) is 0 Å². The Bertz CT molecular complexity index is 516. The lowest BCUT2D eigenvalue weighted by Crippen LogP contribution is -2.44. The summed E-state index contributed by atoms with van der Waals surface area (Å²) in [6.45, 7) is 6.75. The Hall–Kier alpha value is -0.770. The monoisotopic (exact) mass is 300 g/mol. The molecule has 1 amide bonds. The molecular formula is C14H18Cl2N2O. The number of carbonyl (C=O) groups is 1. The molecule has 1 saturated heterocycles. The maximum atomic E-state index is 12.3. The van der Waals surface area contributed by atoms with E-state index in [1.807, 2.05) is 11.0 Å². The number of amides is 1. The van der Waals surface area contributed by atoms with Crippen molar-refractivity contribution >= 4 is 29.9 Å². The average Bonchev–Trinajstić information content (AvgIpc) is 2.64. The fourth-order valence-electron chi connectivity index (χ4n) is 2.84. The zero-order valence-corrected chi connectivity index (χ0v) is 12.6. The molecule has 0 spiro atoms. The van der Waals surface area contributed by atoms with Gasteiger partial charge >= 0.3 is 0 Å². The number of rotatable bonds is 1. The lowest BCUT2D eigenvalue weighted by atomic mass is 9.95. The van der Waals surface area contributed by atoms with Crippen molar-refractivity contribution in [3.05, 3.63) is 33.8 Å². The number of halogens is 2. The smallest absolute Gasteiger partial charge is 0.256 e. The molecular weight excluding hydrogens is 283 g/mol. The molecule has 19 heavy (non-hydrogen) atoms. The van der Waals surface area contributed by atoms with E-state index in [0.717, 1.165) is 30.8 Å². The highest BCUT2D eigenvalue weighted by atomic mass is 35.5. The molecule has 0 bridgehead atoms. The van der Waals surface area contributed by atoms with Crippen LogP contribution in [0.1, 0.15) is 47.3 Å². The largest absolute Gasteiger partial charge is 0.329 e. The van der Waals surface area contributed by atoms with Gasteiger partial charge in [0.1, 0.15) is 0 Å². The highest BCUT2D eigenvalue weighted by Crippen LogP contribution is 2.39. The third kappa shape index (κ3) is 2.24. The van der Waals surface area contributed by atoms with E-state index < -0.39 is 0 Å². The number of carbonyl (C=O) groups excluding carboxylic acids is 1. The molecule has 1 atom stereocenters. The normalized spacial score (nSPS) is 21.2. The van der Waals surface area contributed by atoms with Crippen molar-refractivity contribution in [2.45, 2.75) is 25.8 Å². The summed E-state index contributed by atoms with van der Waals surface area (Å²) in [6.07, 6.45) is 0. The molecule has 5 heteroatoms. The third-order valence-corrected chi connectivity index (χ3v) is 4.18. The predicted octanol–water partition coefficient (Wildman–Crippen LogP) is 2.99. The maximum Gasteiger partial charge on any atom is 0.256 e. The summed E-state index contributed by atoms with van der Waals surface area (Å²) in [4.78, 5) is 14.3. The standard InChI is InChI=1S/C14H17ClN2O.ClH/c1-8(2)9-5-10-12-7-16-3-4-17(12)14(18)13(10)11(15)6-9;/h5-6,8,12,16H,3-4,7H2,1-2H3;1H/t12-;/m0./s1. The fourth-order valence-corrected chi connectivity index (χ4v) is 3.16. The highest BCUT2D eigenvalue weighted by Gasteiger charge is 2.39. The molecule has 3 nitrogen and oxygen atoms in total. The Labute approximate surface area is 124 Å². The number of hydrogen-bond acceptors (Lipinski definition) is 2. The summed E-state index contributed by atoms with van der Waals surface area (Å²) in [5.74, 6) is 0.519. The van der Waals surface area contributed by atoms with Crippen molar-refractivity contribution in [1.82, 2.24) is 10.2 Å². The van der Waals surface area contributed by atoms with Gasteiger partial charge in [0.05, 0.1) is 16.6 Å². The fraction of sp³-hybridized carbons (Fsp3) is 0.500. The van der Waals surface area contributed by atoms with Crippen LogP contribution in [0.25, 0.3) is 0 Å². The molecule has 3 rings (SSSR count). The number of piperazine rings is 1. The van der Waals surface area contributed by atoms with Gasteiger partial charge in [-0.2, -0.15) is 0 Å². The van der Waals surface area contributed by atoms with Crippen LogP contribution in [0.5, 0.6) is 0 Å². The van der Waals surface area contributed by atoms with Crippen LogP contribution < -0.4 is 5.32 Å². The van der Waals surface area contributed by atoms with Crippen molar-refractivity contribution in [3.63, 3.8) is 0 Å². The van der Waals surface area contributed by atoms with Crippen LogP contribution in [0.4, 0.5) is 0 Å². The van der Waals surface area contributed by atoms with Crippen LogP contribution >= 0.6 is 24.0 Å². The summed E-state index contributed by atoms with van der Waals surface area (Å²) in [7, 11) is 0. The van der Waals surface area contributed by atoms with Crippen LogP contribution in [-0.4, -0.2) is 30.4 Å². The molecule has 1 fully saturated rings. The highest BCUT2D eigenvalue weighted by molar-refractivity contribution is 6.34. The van der Waals surface area contributed by atoms with Gasteiger partial charge in [0.25, 0.3) is 5.91 Å². The summed E-state index contributed by atoms with van der Waals surface area (Å²) < 4.78 is 0. The third-order valence-electron chi connectivity index (χ3n) is 3.89. The number of nitrogens with one attached hydrogen (secondary N) is 1. The molecule has 1 N–H and O–H groups in total. The topological polar surface area (TPSA) is 32.3 Å². The average molecular weight is 301 g/mol. The number of hydrogen-bond donors (Lipinski definition) is 1. The van der Waals surface area contributed by atoms with Gasteiger partial charge in [-0.15, -0.1) is 12.4 Å². The van der Waals surface area contributed by atoms with Crippen LogP contribution in [0.2, 0.25) is 5.02 Å². The van der Waals surface area contributed by atoms with Gasteiger partial charge in [0, 0.05) is 19.6 Å². The van der Waals surface area contributed by atoms with Gasteiger partial charge in [-0.05, 0) is 23.1 Å². The van der Waals surface area contributed by atoms with Gasteiger partial charge in [-0.25, -0.2) is 0 Å². The Morgan fingerprint density at radius 3 is 2.84 bits per heavy atom. The van der Waals surface area contributed by atoms with Gasteiger partial charge in [-0.1, -0.05) is 31.5 Å². The van der Waals surface area contributed by atoms with Crippen LogP contribution in [0, 0.1) is 0 Å². The molecule has 0 unspecified atom stereocenters. The molecule has 1 aromatic carbocycles. The first-order valence-corrected chi connectivity index (χ1v) is 6.82. The predicted molar refractivity (Wildman–Crippen MR) is 79.4 cm³/mol. The second-order valence-electron chi connectivity index (χ2n) is 5.34. The van der Waals surface area contributed by atoms with Gasteiger partial charge in [0.15, 0.2) is 0 Å². The van der Waals surface area contributed by atoms with Crippen molar-refractivity contribution in [2.24, 2.45) is 0 Å². The number of fused-ring (bicyclic) bond motifs is 3. The molecule has 0 saturated carbocycles. The lowest BCUT2D eigenvalue weighted by Gasteiger charge is -2.30. The van der Waals surface area contributed by atoms with Gasteiger partial charge in [0.2, 0.25) is 0 Å². The van der Waals surface area contributed by atoms with Crippen molar-refractivity contribution in [3.8, 4) is 0 Å². The second-order valence-corrected chi connectivity index (χ2v) is 5.75. The molecule has 2 aliphatic heterocycles. The first-order valence-electron chi connectivity index (χ1n) is 6.44.